The zero-order chi connectivity index (χ0) is 15.0. The van der Waals surface area contributed by atoms with Gasteiger partial charge in [0.15, 0.2) is 11.5 Å². The van der Waals surface area contributed by atoms with Crippen LogP contribution in [-0.4, -0.2) is 51.6 Å². The lowest BCUT2D eigenvalue weighted by Crippen LogP contribution is -2.52. The standard InChI is InChI=1S/C13H17BrN2O4S.ClH/c1-9-8-15-2-3-16(9)21(17,18)13-7-12-11(6-10(13)14)19-4-5-20-12;/h6-7,9,15H,2-5,8H2,1H3;1H. The summed E-state index contributed by atoms with van der Waals surface area (Å²) < 4.78 is 38.7. The maximum Gasteiger partial charge on any atom is 0.244 e. The van der Waals surface area contributed by atoms with Gasteiger partial charge in [-0.3, -0.25) is 0 Å². The first-order valence-electron chi connectivity index (χ1n) is 6.82. The molecule has 9 heteroatoms. The van der Waals surface area contributed by atoms with Crippen molar-refractivity contribution >= 4 is 38.4 Å². The predicted octanol–water partition coefficient (Wildman–Crippen LogP) is 1.62. The fourth-order valence-corrected chi connectivity index (χ4v) is 5.18. The Morgan fingerprint density at radius 1 is 1.27 bits per heavy atom. The Labute approximate surface area is 144 Å². The van der Waals surface area contributed by atoms with E-state index < -0.39 is 10.0 Å². The second-order valence-corrected chi connectivity index (χ2v) is 7.81. The van der Waals surface area contributed by atoms with E-state index >= 15 is 0 Å². The second-order valence-electron chi connectivity index (χ2n) is 5.10. The average molecular weight is 414 g/mol. The van der Waals surface area contributed by atoms with Gasteiger partial charge < -0.3 is 14.8 Å². The number of hydrogen-bond donors (Lipinski definition) is 1. The van der Waals surface area contributed by atoms with E-state index in [9.17, 15) is 8.42 Å². The van der Waals surface area contributed by atoms with Gasteiger partial charge in [0.1, 0.15) is 18.1 Å². The van der Waals surface area contributed by atoms with Gasteiger partial charge in [-0.2, -0.15) is 4.31 Å². The first-order chi connectivity index (χ1) is 10.00. The van der Waals surface area contributed by atoms with Crippen molar-refractivity contribution in [2.75, 3.05) is 32.8 Å². The van der Waals surface area contributed by atoms with Crippen molar-refractivity contribution in [2.24, 2.45) is 0 Å². The molecule has 1 aromatic carbocycles. The van der Waals surface area contributed by atoms with Crippen molar-refractivity contribution in [3.05, 3.63) is 16.6 Å². The number of nitrogens with zero attached hydrogens (tertiary/aromatic N) is 1. The van der Waals surface area contributed by atoms with Gasteiger partial charge in [0.05, 0.1) is 0 Å². The van der Waals surface area contributed by atoms with Gasteiger partial charge in [-0.1, -0.05) is 0 Å². The molecule has 0 aromatic heterocycles. The summed E-state index contributed by atoms with van der Waals surface area (Å²) in [5, 5.41) is 3.19. The number of hydrogen-bond acceptors (Lipinski definition) is 5. The summed E-state index contributed by atoms with van der Waals surface area (Å²) in [7, 11) is -3.56. The molecule has 1 aromatic rings. The highest BCUT2D eigenvalue weighted by Gasteiger charge is 2.33. The lowest BCUT2D eigenvalue weighted by Gasteiger charge is -2.33. The van der Waals surface area contributed by atoms with Crippen molar-refractivity contribution in [1.82, 2.24) is 9.62 Å². The van der Waals surface area contributed by atoms with Crippen molar-refractivity contribution in [3.63, 3.8) is 0 Å². The monoisotopic (exact) mass is 412 g/mol. The van der Waals surface area contributed by atoms with Crippen LogP contribution in [0.1, 0.15) is 6.92 Å². The number of piperazine rings is 1. The average Bonchev–Trinajstić information content (AvgIpc) is 2.46. The van der Waals surface area contributed by atoms with Gasteiger partial charge in [0, 0.05) is 36.2 Å². The zero-order valence-electron chi connectivity index (χ0n) is 12.0. The molecular formula is C13H18BrClN2O4S. The molecule has 0 bridgehead atoms. The third kappa shape index (κ3) is 3.21. The molecule has 1 atom stereocenters. The smallest absolute Gasteiger partial charge is 0.244 e. The maximum absolute atomic E-state index is 12.9. The third-order valence-corrected chi connectivity index (χ3v) is 6.60. The molecule has 1 unspecified atom stereocenters. The van der Waals surface area contributed by atoms with Crippen LogP contribution in [0, 0.1) is 0 Å². The number of halogens is 2. The molecule has 1 N–H and O–H groups in total. The largest absolute Gasteiger partial charge is 0.486 e. The Hall–Kier alpha value is -0.540. The molecule has 0 radical (unpaired) electrons. The topological polar surface area (TPSA) is 67.9 Å². The number of rotatable bonds is 2. The Balaban J connectivity index is 0.00000176. The molecule has 3 rings (SSSR count). The van der Waals surface area contributed by atoms with Gasteiger partial charge in [0.25, 0.3) is 0 Å². The minimum atomic E-state index is -3.56. The summed E-state index contributed by atoms with van der Waals surface area (Å²) in [6.45, 7) is 4.58. The SMILES string of the molecule is CC1CNCCN1S(=O)(=O)c1cc2c(cc1Br)OCCO2.Cl. The summed E-state index contributed by atoms with van der Waals surface area (Å²) >= 11 is 3.34. The number of nitrogens with one attached hydrogen (secondary N) is 1. The van der Waals surface area contributed by atoms with Crippen LogP contribution in [0.5, 0.6) is 11.5 Å². The van der Waals surface area contributed by atoms with Crippen LogP contribution in [0.3, 0.4) is 0 Å². The zero-order valence-corrected chi connectivity index (χ0v) is 15.3. The summed E-state index contributed by atoms with van der Waals surface area (Å²) in [5.41, 5.74) is 0. The van der Waals surface area contributed by atoms with Crippen molar-refractivity contribution < 1.29 is 17.9 Å². The van der Waals surface area contributed by atoms with Crippen molar-refractivity contribution in [3.8, 4) is 11.5 Å². The molecule has 2 aliphatic rings. The Bertz CT molecular complexity index is 656. The van der Waals surface area contributed by atoms with E-state index in [-0.39, 0.29) is 23.3 Å². The Kier molecular flexibility index (Phi) is 5.60. The molecule has 6 nitrogen and oxygen atoms in total. The number of benzene rings is 1. The highest BCUT2D eigenvalue weighted by Crippen LogP contribution is 2.38. The molecule has 2 heterocycles. The van der Waals surface area contributed by atoms with Crippen LogP contribution >= 0.6 is 28.3 Å². The minimum absolute atomic E-state index is 0. The summed E-state index contributed by atoms with van der Waals surface area (Å²) in [5.74, 6) is 1.05. The van der Waals surface area contributed by atoms with Crippen LogP contribution in [-0.2, 0) is 10.0 Å². The first kappa shape index (κ1) is 17.8. The van der Waals surface area contributed by atoms with E-state index in [1.165, 1.54) is 4.31 Å². The normalized spacial score (nSPS) is 22.0. The van der Waals surface area contributed by atoms with Gasteiger partial charge in [-0.05, 0) is 28.9 Å². The van der Waals surface area contributed by atoms with E-state index in [2.05, 4.69) is 21.2 Å². The van der Waals surface area contributed by atoms with E-state index in [0.29, 0.717) is 48.8 Å². The minimum Gasteiger partial charge on any atom is -0.486 e. The Morgan fingerprint density at radius 2 is 1.91 bits per heavy atom. The van der Waals surface area contributed by atoms with Gasteiger partial charge in [-0.25, -0.2) is 8.42 Å². The quantitative estimate of drug-likeness (QED) is 0.798. The molecule has 0 spiro atoms. The van der Waals surface area contributed by atoms with Crippen LogP contribution < -0.4 is 14.8 Å². The van der Waals surface area contributed by atoms with Crippen molar-refractivity contribution in [1.29, 1.82) is 0 Å². The van der Waals surface area contributed by atoms with Crippen LogP contribution in [0.2, 0.25) is 0 Å². The van der Waals surface area contributed by atoms with E-state index in [1.54, 1.807) is 12.1 Å². The van der Waals surface area contributed by atoms with Gasteiger partial charge >= 0.3 is 0 Å². The summed E-state index contributed by atoms with van der Waals surface area (Å²) in [6, 6.07) is 3.13. The van der Waals surface area contributed by atoms with Crippen molar-refractivity contribution in [2.45, 2.75) is 17.9 Å². The van der Waals surface area contributed by atoms with Gasteiger partial charge in [0.2, 0.25) is 10.0 Å². The number of sulfonamides is 1. The molecule has 0 aliphatic carbocycles. The molecular weight excluding hydrogens is 396 g/mol. The summed E-state index contributed by atoms with van der Waals surface area (Å²) in [6.07, 6.45) is 0. The van der Waals surface area contributed by atoms with Gasteiger partial charge in [-0.15, -0.1) is 12.4 Å². The molecule has 1 saturated heterocycles. The summed E-state index contributed by atoms with van der Waals surface area (Å²) in [4.78, 5) is 0.223. The molecule has 22 heavy (non-hydrogen) atoms. The molecule has 2 aliphatic heterocycles. The molecule has 0 amide bonds. The number of fused-ring (bicyclic) bond motifs is 1. The van der Waals surface area contributed by atoms with E-state index in [0.717, 1.165) is 0 Å². The molecule has 1 fully saturated rings. The highest BCUT2D eigenvalue weighted by atomic mass is 79.9. The van der Waals surface area contributed by atoms with E-state index in [1.807, 2.05) is 6.92 Å². The second kappa shape index (κ2) is 6.92. The molecule has 0 saturated carbocycles. The predicted molar refractivity (Wildman–Crippen MR) is 88.6 cm³/mol. The lowest BCUT2D eigenvalue weighted by atomic mass is 10.3. The molecule has 124 valence electrons. The third-order valence-electron chi connectivity index (χ3n) is 3.62. The maximum atomic E-state index is 12.9. The van der Waals surface area contributed by atoms with Crippen LogP contribution in [0.4, 0.5) is 0 Å². The lowest BCUT2D eigenvalue weighted by molar-refractivity contribution is 0.171. The van der Waals surface area contributed by atoms with Crippen LogP contribution in [0.15, 0.2) is 21.5 Å². The van der Waals surface area contributed by atoms with Crippen LogP contribution in [0.25, 0.3) is 0 Å². The fraction of sp³-hybridized carbons (Fsp3) is 0.538. The number of ether oxygens (including phenoxy) is 2. The fourth-order valence-electron chi connectivity index (χ4n) is 2.55. The van der Waals surface area contributed by atoms with E-state index in [4.69, 9.17) is 9.47 Å². The Morgan fingerprint density at radius 3 is 2.55 bits per heavy atom. The highest BCUT2D eigenvalue weighted by molar-refractivity contribution is 9.10. The first-order valence-corrected chi connectivity index (χ1v) is 9.05.